The van der Waals surface area contributed by atoms with Crippen molar-refractivity contribution in [2.45, 2.75) is 116 Å². The van der Waals surface area contributed by atoms with Gasteiger partial charge in [0.25, 0.3) is 0 Å². The number of aliphatic hydroxyl groups excluding tert-OH is 1. The van der Waals surface area contributed by atoms with Crippen LogP contribution in [0.15, 0.2) is 0 Å². The molecule has 0 rings (SSSR count). The first-order valence-corrected chi connectivity index (χ1v) is 9.93. The minimum atomic E-state index is -0.492. The van der Waals surface area contributed by atoms with Gasteiger partial charge in [-0.2, -0.15) is 0 Å². The Morgan fingerprint density at radius 3 is 1.57 bits per heavy atom. The summed E-state index contributed by atoms with van der Waals surface area (Å²) in [5.74, 6) is 0.0622. The summed E-state index contributed by atoms with van der Waals surface area (Å²) in [6.45, 7) is 5.93. The average molecular weight is 328 g/mol. The summed E-state index contributed by atoms with van der Waals surface area (Å²) in [6, 6.07) is 0. The minimum absolute atomic E-state index is 0.0165. The first-order valence-electron chi connectivity index (χ1n) is 9.93. The predicted molar refractivity (Wildman–Crippen MR) is 99.6 cm³/mol. The van der Waals surface area contributed by atoms with Gasteiger partial charge in [-0.15, -0.1) is 0 Å². The number of rotatable bonds is 16. The van der Waals surface area contributed by atoms with Crippen molar-refractivity contribution in [1.82, 2.24) is 5.32 Å². The monoisotopic (exact) mass is 327 g/mol. The van der Waals surface area contributed by atoms with Crippen molar-refractivity contribution in [3.8, 4) is 0 Å². The van der Waals surface area contributed by atoms with E-state index in [1.54, 1.807) is 0 Å². The summed E-state index contributed by atoms with van der Waals surface area (Å²) in [7, 11) is 0. The molecule has 1 amide bonds. The summed E-state index contributed by atoms with van der Waals surface area (Å²) in [6.07, 6.45) is 17.7. The Morgan fingerprint density at radius 1 is 0.783 bits per heavy atom. The van der Waals surface area contributed by atoms with Crippen molar-refractivity contribution in [2.24, 2.45) is 0 Å². The quantitative estimate of drug-likeness (QED) is 0.375. The Morgan fingerprint density at radius 2 is 1.17 bits per heavy atom. The summed E-state index contributed by atoms with van der Waals surface area (Å²) in [5.41, 5.74) is -0.492. The highest BCUT2D eigenvalue weighted by atomic mass is 16.3. The Hall–Kier alpha value is -0.570. The van der Waals surface area contributed by atoms with Crippen molar-refractivity contribution < 1.29 is 9.90 Å². The van der Waals surface area contributed by atoms with Crippen LogP contribution in [0.25, 0.3) is 0 Å². The molecule has 0 unspecified atom stereocenters. The van der Waals surface area contributed by atoms with Gasteiger partial charge >= 0.3 is 0 Å². The molecule has 2 N–H and O–H groups in total. The molecule has 3 heteroatoms. The zero-order valence-electron chi connectivity index (χ0n) is 16.0. The second-order valence-corrected chi connectivity index (χ2v) is 7.58. The van der Waals surface area contributed by atoms with Crippen LogP contribution in [-0.4, -0.2) is 23.2 Å². The molecule has 0 atom stereocenters. The molecule has 0 aromatic heterocycles. The fourth-order valence-corrected chi connectivity index (χ4v) is 2.78. The van der Waals surface area contributed by atoms with Crippen molar-refractivity contribution in [3.63, 3.8) is 0 Å². The van der Waals surface area contributed by atoms with E-state index in [4.69, 9.17) is 5.11 Å². The molecule has 138 valence electrons. The second kappa shape index (κ2) is 15.0. The largest absolute Gasteiger partial charge is 0.394 e. The molecule has 0 aromatic carbocycles. The number of hydrogen-bond acceptors (Lipinski definition) is 2. The number of amides is 1. The molecular formula is C20H41NO2. The van der Waals surface area contributed by atoms with Gasteiger partial charge in [-0.25, -0.2) is 0 Å². The van der Waals surface area contributed by atoms with Gasteiger partial charge in [0.1, 0.15) is 0 Å². The maximum absolute atomic E-state index is 11.7. The zero-order valence-corrected chi connectivity index (χ0v) is 16.0. The van der Waals surface area contributed by atoms with Crippen LogP contribution in [0, 0.1) is 0 Å². The van der Waals surface area contributed by atoms with Crippen molar-refractivity contribution >= 4 is 5.91 Å². The average Bonchev–Trinajstić information content (AvgIpc) is 2.51. The fourth-order valence-electron chi connectivity index (χ4n) is 2.78. The van der Waals surface area contributed by atoms with E-state index in [1.807, 2.05) is 13.8 Å². The molecule has 23 heavy (non-hydrogen) atoms. The number of nitrogens with one attached hydrogen (secondary N) is 1. The van der Waals surface area contributed by atoms with E-state index in [-0.39, 0.29) is 12.5 Å². The van der Waals surface area contributed by atoms with E-state index >= 15 is 0 Å². The highest BCUT2D eigenvalue weighted by molar-refractivity contribution is 5.76. The van der Waals surface area contributed by atoms with Crippen LogP contribution in [0.2, 0.25) is 0 Å². The Labute approximate surface area is 144 Å². The minimum Gasteiger partial charge on any atom is -0.394 e. The molecule has 0 radical (unpaired) electrons. The number of unbranched alkanes of at least 4 members (excludes halogenated alkanes) is 12. The van der Waals surface area contributed by atoms with Crippen molar-refractivity contribution in [2.75, 3.05) is 6.61 Å². The van der Waals surface area contributed by atoms with Crippen molar-refractivity contribution in [1.29, 1.82) is 0 Å². The van der Waals surface area contributed by atoms with Gasteiger partial charge in [-0.05, 0) is 20.3 Å². The number of aliphatic hydroxyl groups is 1. The SMILES string of the molecule is CCCCCCCCCCCCCCCC(=O)NC(C)(C)CO. The molecule has 3 nitrogen and oxygen atoms in total. The molecule has 0 aliphatic rings. The van der Waals surface area contributed by atoms with Crippen LogP contribution >= 0.6 is 0 Å². The number of carbonyl (C=O) groups excluding carboxylic acids is 1. The molecule has 0 aliphatic heterocycles. The molecule has 0 bridgehead atoms. The van der Waals surface area contributed by atoms with Gasteiger partial charge in [0.15, 0.2) is 0 Å². The van der Waals surface area contributed by atoms with E-state index < -0.39 is 5.54 Å². The predicted octanol–water partition coefficient (Wildman–Crippen LogP) is 5.35. The Kier molecular flexibility index (Phi) is 14.6. The smallest absolute Gasteiger partial charge is 0.220 e. The van der Waals surface area contributed by atoms with Gasteiger partial charge in [-0.1, -0.05) is 84.0 Å². The van der Waals surface area contributed by atoms with Crippen LogP contribution in [0.4, 0.5) is 0 Å². The third-order valence-corrected chi connectivity index (χ3v) is 4.38. The molecule has 0 heterocycles. The summed E-state index contributed by atoms with van der Waals surface area (Å²) >= 11 is 0. The molecule has 0 saturated heterocycles. The van der Waals surface area contributed by atoms with Gasteiger partial charge in [-0.3, -0.25) is 4.79 Å². The Balaban J connectivity index is 3.23. The zero-order chi connectivity index (χ0) is 17.4. The maximum atomic E-state index is 11.7. The van der Waals surface area contributed by atoms with Gasteiger partial charge in [0.2, 0.25) is 5.91 Å². The van der Waals surface area contributed by atoms with E-state index in [0.717, 1.165) is 12.8 Å². The third kappa shape index (κ3) is 16.1. The van der Waals surface area contributed by atoms with Gasteiger partial charge in [0, 0.05) is 6.42 Å². The topological polar surface area (TPSA) is 49.3 Å². The van der Waals surface area contributed by atoms with E-state index in [0.29, 0.717) is 6.42 Å². The Bertz CT molecular complexity index is 277. The first kappa shape index (κ1) is 22.4. The third-order valence-electron chi connectivity index (χ3n) is 4.38. The molecular weight excluding hydrogens is 286 g/mol. The highest BCUT2D eigenvalue weighted by Crippen LogP contribution is 2.13. The standard InChI is InChI=1S/C20H41NO2/c1-4-5-6-7-8-9-10-11-12-13-14-15-16-17-19(23)21-20(2,3)18-22/h22H,4-18H2,1-3H3,(H,21,23). The van der Waals surface area contributed by atoms with E-state index in [9.17, 15) is 4.79 Å². The van der Waals surface area contributed by atoms with Crippen LogP contribution < -0.4 is 5.32 Å². The molecule has 0 aliphatic carbocycles. The maximum Gasteiger partial charge on any atom is 0.220 e. The lowest BCUT2D eigenvalue weighted by atomic mass is 10.0. The van der Waals surface area contributed by atoms with Crippen molar-refractivity contribution in [3.05, 3.63) is 0 Å². The number of hydrogen-bond donors (Lipinski definition) is 2. The van der Waals surface area contributed by atoms with E-state index in [2.05, 4.69) is 12.2 Å². The van der Waals surface area contributed by atoms with Crippen LogP contribution in [0.3, 0.4) is 0 Å². The van der Waals surface area contributed by atoms with Crippen LogP contribution in [0.5, 0.6) is 0 Å². The van der Waals surface area contributed by atoms with Gasteiger partial charge in [0.05, 0.1) is 12.1 Å². The summed E-state index contributed by atoms with van der Waals surface area (Å²) in [5, 5.41) is 12.0. The van der Waals surface area contributed by atoms with Crippen LogP contribution in [0.1, 0.15) is 111 Å². The molecule has 0 saturated carbocycles. The lowest BCUT2D eigenvalue weighted by molar-refractivity contribution is -0.123. The molecule has 0 fully saturated rings. The lowest BCUT2D eigenvalue weighted by Gasteiger charge is -2.23. The molecule has 0 aromatic rings. The second-order valence-electron chi connectivity index (χ2n) is 7.58. The van der Waals surface area contributed by atoms with Gasteiger partial charge < -0.3 is 10.4 Å². The fraction of sp³-hybridized carbons (Fsp3) is 0.950. The first-order chi connectivity index (χ1) is 11.0. The highest BCUT2D eigenvalue weighted by Gasteiger charge is 2.18. The normalized spacial score (nSPS) is 11.7. The summed E-state index contributed by atoms with van der Waals surface area (Å²) in [4.78, 5) is 11.7. The lowest BCUT2D eigenvalue weighted by Crippen LogP contribution is -2.46. The van der Waals surface area contributed by atoms with Crippen LogP contribution in [-0.2, 0) is 4.79 Å². The molecule has 0 spiro atoms. The summed E-state index contributed by atoms with van der Waals surface area (Å²) < 4.78 is 0. The van der Waals surface area contributed by atoms with E-state index in [1.165, 1.54) is 70.6 Å². The number of carbonyl (C=O) groups is 1.